The first kappa shape index (κ1) is 13.3. The molecule has 0 radical (unpaired) electrons. The number of aromatic carboxylic acids is 1. The van der Waals surface area contributed by atoms with Crippen LogP contribution >= 0.6 is 0 Å². The number of hydrogen-bond acceptors (Lipinski definition) is 1. The summed E-state index contributed by atoms with van der Waals surface area (Å²) in [6.07, 6.45) is 0. The molecule has 0 saturated carbocycles. The van der Waals surface area contributed by atoms with Crippen LogP contribution in [0.5, 0.6) is 0 Å². The highest BCUT2D eigenvalue weighted by Crippen LogP contribution is 2.32. The van der Waals surface area contributed by atoms with Crippen molar-refractivity contribution in [2.45, 2.75) is 26.7 Å². The van der Waals surface area contributed by atoms with Gasteiger partial charge in [-0.15, -0.1) is 0 Å². The average molecular weight is 254 g/mol. The number of benzene rings is 2. The van der Waals surface area contributed by atoms with Crippen LogP contribution in [0.25, 0.3) is 11.1 Å². The Morgan fingerprint density at radius 3 is 2.26 bits per heavy atom. The van der Waals surface area contributed by atoms with Crippen molar-refractivity contribution >= 4 is 5.97 Å². The number of rotatable bonds is 3. The number of carboxylic acids is 1. The second kappa shape index (κ2) is 5.27. The van der Waals surface area contributed by atoms with Crippen LogP contribution in [0.15, 0.2) is 42.5 Å². The van der Waals surface area contributed by atoms with Crippen LogP contribution in [-0.2, 0) is 0 Å². The molecule has 0 heterocycles. The Kier molecular flexibility index (Phi) is 3.70. The lowest BCUT2D eigenvalue weighted by molar-refractivity contribution is 0.0696. The van der Waals surface area contributed by atoms with Crippen molar-refractivity contribution in [2.75, 3.05) is 0 Å². The molecule has 2 heteroatoms. The predicted octanol–water partition coefficient (Wildman–Crippen LogP) is 4.48. The molecular weight excluding hydrogens is 236 g/mol. The maximum Gasteiger partial charge on any atom is 0.335 e. The number of carbonyl (C=O) groups is 1. The minimum atomic E-state index is -0.874. The minimum absolute atomic E-state index is 0.371. The lowest BCUT2D eigenvalue weighted by Crippen LogP contribution is -2.02. The molecule has 0 atom stereocenters. The fourth-order valence-corrected chi connectivity index (χ4v) is 2.40. The Balaban J connectivity index is 2.66. The lowest BCUT2D eigenvalue weighted by Gasteiger charge is -2.15. The van der Waals surface area contributed by atoms with E-state index >= 15 is 0 Å². The Bertz CT molecular complexity index is 612. The van der Waals surface area contributed by atoms with Crippen molar-refractivity contribution in [1.82, 2.24) is 0 Å². The van der Waals surface area contributed by atoms with Crippen LogP contribution in [0.2, 0.25) is 0 Å². The summed E-state index contributed by atoms with van der Waals surface area (Å²) in [5, 5.41) is 9.22. The van der Waals surface area contributed by atoms with Gasteiger partial charge in [-0.05, 0) is 41.2 Å². The molecule has 0 fully saturated rings. The van der Waals surface area contributed by atoms with E-state index in [0.717, 1.165) is 16.7 Å². The van der Waals surface area contributed by atoms with Crippen molar-refractivity contribution in [1.29, 1.82) is 0 Å². The molecule has 98 valence electrons. The fourth-order valence-electron chi connectivity index (χ4n) is 2.40. The van der Waals surface area contributed by atoms with Gasteiger partial charge in [-0.25, -0.2) is 4.79 Å². The molecule has 0 aliphatic carbocycles. The smallest absolute Gasteiger partial charge is 0.335 e. The molecule has 2 rings (SSSR count). The summed E-state index contributed by atoms with van der Waals surface area (Å²) in [7, 11) is 0. The third-order valence-corrected chi connectivity index (χ3v) is 3.44. The molecule has 19 heavy (non-hydrogen) atoms. The van der Waals surface area contributed by atoms with Crippen molar-refractivity contribution in [3.8, 4) is 11.1 Å². The zero-order chi connectivity index (χ0) is 14.0. The molecule has 2 aromatic rings. The maximum atomic E-state index is 11.2. The Labute approximate surface area is 113 Å². The van der Waals surface area contributed by atoms with Crippen molar-refractivity contribution < 1.29 is 9.90 Å². The molecule has 0 aliphatic rings. The van der Waals surface area contributed by atoms with Gasteiger partial charge in [0.15, 0.2) is 0 Å². The second-order valence-electron chi connectivity index (χ2n) is 5.03. The molecular formula is C17H18O2. The number of hydrogen-bond donors (Lipinski definition) is 1. The summed E-state index contributed by atoms with van der Waals surface area (Å²) in [5.74, 6) is -0.467. The normalized spacial score (nSPS) is 10.7. The predicted molar refractivity (Wildman–Crippen MR) is 77.7 cm³/mol. The summed E-state index contributed by atoms with van der Waals surface area (Å²) in [6.45, 7) is 6.17. The zero-order valence-electron chi connectivity index (χ0n) is 11.5. The van der Waals surface area contributed by atoms with Crippen LogP contribution in [-0.4, -0.2) is 11.1 Å². The quantitative estimate of drug-likeness (QED) is 0.876. The van der Waals surface area contributed by atoms with Gasteiger partial charge in [0.1, 0.15) is 0 Å². The largest absolute Gasteiger partial charge is 0.478 e. The van der Waals surface area contributed by atoms with Gasteiger partial charge in [-0.2, -0.15) is 0 Å². The highest BCUT2D eigenvalue weighted by Gasteiger charge is 2.14. The highest BCUT2D eigenvalue weighted by molar-refractivity contribution is 5.92. The summed E-state index contributed by atoms with van der Waals surface area (Å²) < 4.78 is 0. The van der Waals surface area contributed by atoms with Crippen LogP contribution in [0, 0.1) is 6.92 Å². The third kappa shape index (κ3) is 2.53. The van der Waals surface area contributed by atoms with Crippen LogP contribution in [0.3, 0.4) is 0 Å². The fraction of sp³-hybridized carbons (Fsp3) is 0.235. The first-order valence-electron chi connectivity index (χ1n) is 6.44. The SMILES string of the molecule is Cc1c(C(=O)O)cccc1-c1ccccc1C(C)C. The van der Waals surface area contributed by atoms with Gasteiger partial charge in [0.25, 0.3) is 0 Å². The van der Waals surface area contributed by atoms with E-state index < -0.39 is 5.97 Å². The van der Waals surface area contributed by atoms with E-state index in [-0.39, 0.29) is 0 Å². The molecule has 0 spiro atoms. The van der Waals surface area contributed by atoms with E-state index in [9.17, 15) is 9.90 Å². The molecule has 0 unspecified atom stereocenters. The van der Waals surface area contributed by atoms with Gasteiger partial charge in [-0.3, -0.25) is 0 Å². The maximum absolute atomic E-state index is 11.2. The standard InChI is InChI=1S/C17H18O2/c1-11(2)13-7-4-5-8-16(13)14-9-6-10-15(12(14)3)17(18)19/h4-11H,1-3H3,(H,18,19). The topological polar surface area (TPSA) is 37.3 Å². The molecule has 0 bridgehead atoms. The van der Waals surface area contributed by atoms with Crippen LogP contribution in [0.1, 0.15) is 41.3 Å². The van der Waals surface area contributed by atoms with Crippen LogP contribution < -0.4 is 0 Å². The minimum Gasteiger partial charge on any atom is -0.478 e. The summed E-state index contributed by atoms with van der Waals surface area (Å²) in [4.78, 5) is 11.2. The molecule has 0 saturated heterocycles. The molecule has 0 amide bonds. The van der Waals surface area contributed by atoms with Crippen LogP contribution in [0.4, 0.5) is 0 Å². The van der Waals surface area contributed by atoms with Gasteiger partial charge in [0, 0.05) is 0 Å². The van der Waals surface area contributed by atoms with E-state index in [0.29, 0.717) is 11.5 Å². The van der Waals surface area contributed by atoms with E-state index in [4.69, 9.17) is 0 Å². The van der Waals surface area contributed by atoms with E-state index in [2.05, 4.69) is 26.0 Å². The van der Waals surface area contributed by atoms with Gasteiger partial charge in [0.05, 0.1) is 5.56 Å². The van der Waals surface area contributed by atoms with Crippen molar-refractivity contribution in [3.05, 3.63) is 59.2 Å². The first-order valence-corrected chi connectivity index (χ1v) is 6.44. The van der Waals surface area contributed by atoms with Gasteiger partial charge in [-0.1, -0.05) is 50.2 Å². The van der Waals surface area contributed by atoms with E-state index in [1.807, 2.05) is 31.2 Å². The van der Waals surface area contributed by atoms with E-state index in [1.54, 1.807) is 6.07 Å². The van der Waals surface area contributed by atoms with Gasteiger partial charge < -0.3 is 5.11 Å². The summed E-state index contributed by atoms with van der Waals surface area (Å²) in [5.41, 5.74) is 4.56. The average Bonchev–Trinajstić information content (AvgIpc) is 2.38. The van der Waals surface area contributed by atoms with E-state index in [1.165, 1.54) is 5.56 Å². The summed E-state index contributed by atoms with van der Waals surface area (Å²) >= 11 is 0. The zero-order valence-corrected chi connectivity index (χ0v) is 11.5. The highest BCUT2D eigenvalue weighted by atomic mass is 16.4. The van der Waals surface area contributed by atoms with Gasteiger partial charge in [0.2, 0.25) is 0 Å². The molecule has 1 N–H and O–H groups in total. The first-order chi connectivity index (χ1) is 9.02. The molecule has 2 aromatic carbocycles. The molecule has 0 aliphatic heterocycles. The Morgan fingerprint density at radius 1 is 1.00 bits per heavy atom. The van der Waals surface area contributed by atoms with Crippen molar-refractivity contribution in [3.63, 3.8) is 0 Å². The number of carboxylic acid groups (broad SMARTS) is 1. The second-order valence-corrected chi connectivity index (χ2v) is 5.03. The van der Waals surface area contributed by atoms with Gasteiger partial charge >= 0.3 is 5.97 Å². The third-order valence-electron chi connectivity index (χ3n) is 3.44. The molecule has 2 nitrogen and oxygen atoms in total. The Morgan fingerprint density at radius 2 is 1.63 bits per heavy atom. The summed E-state index contributed by atoms with van der Waals surface area (Å²) in [6, 6.07) is 13.6. The lowest BCUT2D eigenvalue weighted by atomic mass is 9.89. The Hall–Kier alpha value is -2.09. The molecule has 0 aromatic heterocycles. The van der Waals surface area contributed by atoms with Crippen molar-refractivity contribution in [2.24, 2.45) is 0 Å². The monoisotopic (exact) mass is 254 g/mol.